The third-order valence-electron chi connectivity index (χ3n) is 1.96. The van der Waals surface area contributed by atoms with E-state index in [0.29, 0.717) is 11.4 Å². The van der Waals surface area contributed by atoms with Crippen molar-refractivity contribution >= 4 is 16.8 Å². The topological polar surface area (TPSA) is 89.4 Å². The summed E-state index contributed by atoms with van der Waals surface area (Å²) in [4.78, 5) is 14.1. The Hall–Kier alpha value is -1.95. The van der Waals surface area contributed by atoms with Gasteiger partial charge in [0, 0.05) is 12.5 Å². The standard InChI is InChI=1S/C9H8N2O4/c12-5-4-8-10-6-2-1-3-7(11(13)14)9(6)15-8/h1-3,12H,4-5H2. The average molecular weight is 208 g/mol. The van der Waals surface area contributed by atoms with Crippen molar-refractivity contribution < 1.29 is 14.4 Å². The second kappa shape index (κ2) is 3.66. The smallest absolute Gasteiger partial charge is 0.313 e. The van der Waals surface area contributed by atoms with E-state index in [0.717, 1.165) is 0 Å². The summed E-state index contributed by atoms with van der Waals surface area (Å²) in [7, 11) is 0. The van der Waals surface area contributed by atoms with Crippen molar-refractivity contribution in [2.75, 3.05) is 6.61 Å². The molecule has 1 aromatic heterocycles. The lowest BCUT2D eigenvalue weighted by Crippen LogP contribution is -1.89. The summed E-state index contributed by atoms with van der Waals surface area (Å²) >= 11 is 0. The SMILES string of the molecule is O=[N+]([O-])c1cccc2nc(CCO)oc12. The van der Waals surface area contributed by atoms with E-state index in [2.05, 4.69) is 4.98 Å². The van der Waals surface area contributed by atoms with E-state index < -0.39 is 4.92 Å². The van der Waals surface area contributed by atoms with Gasteiger partial charge in [-0.15, -0.1) is 0 Å². The normalized spacial score (nSPS) is 10.7. The molecular weight excluding hydrogens is 200 g/mol. The van der Waals surface area contributed by atoms with E-state index in [1.807, 2.05) is 0 Å². The molecule has 2 rings (SSSR count). The molecule has 0 amide bonds. The number of para-hydroxylation sites is 1. The largest absolute Gasteiger partial charge is 0.433 e. The Bertz CT molecular complexity index is 506. The molecule has 15 heavy (non-hydrogen) atoms. The third-order valence-corrected chi connectivity index (χ3v) is 1.96. The Labute approximate surface area is 84.3 Å². The van der Waals surface area contributed by atoms with Gasteiger partial charge in [-0.3, -0.25) is 10.1 Å². The molecule has 0 bridgehead atoms. The zero-order chi connectivity index (χ0) is 10.8. The van der Waals surface area contributed by atoms with Crippen molar-refractivity contribution in [3.63, 3.8) is 0 Å². The zero-order valence-corrected chi connectivity index (χ0v) is 7.71. The summed E-state index contributed by atoms with van der Waals surface area (Å²) in [5, 5.41) is 19.3. The number of benzene rings is 1. The minimum atomic E-state index is -0.518. The first kappa shape index (κ1) is 9.60. The van der Waals surface area contributed by atoms with Gasteiger partial charge >= 0.3 is 5.69 Å². The molecule has 0 radical (unpaired) electrons. The highest BCUT2D eigenvalue weighted by atomic mass is 16.6. The molecule has 0 atom stereocenters. The molecule has 1 aromatic carbocycles. The number of hydrogen-bond donors (Lipinski definition) is 1. The van der Waals surface area contributed by atoms with Crippen molar-refractivity contribution in [2.24, 2.45) is 0 Å². The zero-order valence-electron chi connectivity index (χ0n) is 7.71. The van der Waals surface area contributed by atoms with Gasteiger partial charge in [0.1, 0.15) is 5.52 Å². The minimum Gasteiger partial charge on any atom is -0.433 e. The summed E-state index contributed by atoms with van der Waals surface area (Å²) in [5.74, 6) is 0.307. The van der Waals surface area contributed by atoms with E-state index >= 15 is 0 Å². The molecule has 0 saturated carbocycles. The number of fused-ring (bicyclic) bond motifs is 1. The predicted molar refractivity (Wildman–Crippen MR) is 51.5 cm³/mol. The van der Waals surface area contributed by atoms with Gasteiger partial charge in [0.2, 0.25) is 5.58 Å². The highest BCUT2D eigenvalue weighted by Gasteiger charge is 2.16. The van der Waals surface area contributed by atoms with Crippen LogP contribution in [0.2, 0.25) is 0 Å². The predicted octanol–water partition coefficient (Wildman–Crippen LogP) is 1.27. The lowest BCUT2D eigenvalue weighted by Gasteiger charge is -1.89. The maximum Gasteiger partial charge on any atom is 0.313 e. The van der Waals surface area contributed by atoms with E-state index in [4.69, 9.17) is 9.52 Å². The maximum absolute atomic E-state index is 10.7. The molecule has 0 aliphatic carbocycles. The third kappa shape index (κ3) is 1.66. The molecule has 0 fully saturated rings. The first-order chi connectivity index (χ1) is 7.22. The van der Waals surface area contributed by atoms with Crippen LogP contribution in [-0.2, 0) is 6.42 Å². The number of aliphatic hydroxyl groups is 1. The molecule has 2 aromatic rings. The molecule has 6 nitrogen and oxygen atoms in total. The van der Waals surface area contributed by atoms with E-state index in [1.54, 1.807) is 12.1 Å². The van der Waals surface area contributed by atoms with Crippen molar-refractivity contribution in [1.29, 1.82) is 0 Å². The van der Waals surface area contributed by atoms with Gasteiger partial charge in [0.25, 0.3) is 0 Å². The highest BCUT2D eigenvalue weighted by Crippen LogP contribution is 2.25. The van der Waals surface area contributed by atoms with Crippen LogP contribution in [0.3, 0.4) is 0 Å². The van der Waals surface area contributed by atoms with Crippen molar-refractivity contribution in [3.05, 3.63) is 34.2 Å². The van der Waals surface area contributed by atoms with Crippen LogP contribution in [0, 0.1) is 10.1 Å². The molecule has 0 aliphatic rings. The fourth-order valence-corrected chi connectivity index (χ4v) is 1.33. The van der Waals surface area contributed by atoms with Gasteiger partial charge in [0.05, 0.1) is 11.5 Å². The van der Waals surface area contributed by atoms with Gasteiger partial charge in [-0.2, -0.15) is 0 Å². The number of nitrogens with zero attached hydrogens (tertiary/aromatic N) is 2. The van der Waals surface area contributed by atoms with E-state index in [9.17, 15) is 10.1 Å². The van der Waals surface area contributed by atoms with Crippen LogP contribution in [0.25, 0.3) is 11.1 Å². The Morgan fingerprint density at radius 3 is 3.00 bits per heavy atom. The highest BCUT2D eigenvalue weighted by molar-refractivity contribution is 5.82. The number of oxazole rings is 1. The first-order valence-corrected chi connectivity index (χ1v) is 4.36. The fourth-order valence-electron chi connectivity index (χ4n) is 1.33. The summed E-state index contributed by atoms with van der Waals surface area (Å²) in [5.41, 5.74) is 0.489. The van der Waals surface area contributed by atoms with Crippen LogP contribution in [0.5, 0.6) is 0 Å². The summed E-state index contributed by atoms with van der Waals surface area (Å²) < 4.78 is 5.19. The van der Waals surface area contributed by atoms with Gasteiger partial charge < -0.3 is 9.52 Å². The Balaban J connectivity index is 2.59. The van der Waals surface area contributed by atoms with E-state index in [1.165, 1.54) is 6.07 Å². The molecule has 0 saturated heterocycles. The summed E-state index contributed by atoms with van der Waals surface area (Å²) in [6.07, 6.45) is 0.256. The van der Waals surface area contributed by atoms with Crippen LogP contribution in [0.1, 0.15) is 5.89 Å². The summed E-state index contributed by atoms with van der Waals surface area (Å²) in [6.45, 7) is -0.0966. The molecular formula is C9H8N2O4. The molecule has 78 valence electrons. The molecule has 6 heteroatoms. The van der Waals surface area contributed by atoms with E-state index in [-0.39, 0.29) is 24.3 Å². The van der Waals surface area contributed by atoms with Gasteiger partial charge in [-0.05, 0) is 6.07 Å². The van der Waals surface area contributed by atoms with Crippen molar-refractivity contribution in [2.45, 2.75) is 6.42 Å². The van der Waals surface area contributed by atoms with Gasteiger partial charge in [-0.1, -0.05) is 6.07 Å². The molecule has 0 aliphatic heterocycles. The Morgan fingerprint density at radius 1 is 1.53 bits per heavy atom. The van der Waals surface area contributed by atoms with Crippen LogP contribution in [0.15, 0.2) is 22.6 Å². The van der Waals surface area contributed by atoms with Crippen molar-refractivity contribution in [1.82, 2.24) is 4.98 Å². The van der Waals surface area contributed by atoms with Crippen LogP contribution in [-0.4, -0.2) is 21.6 Å². The lowest BCUT2D eigenvalue weighted by atomic mass is 10.3. The number of aliphatic hydroxyl groups excluding tert-OH is 1. The monoisotopic (exact) mass is 208 g/mol. The number of rotatable bonds is 3. The minimum absolute atomic E-state index is 0.0966. The van der Waals surface area contributed by atoms with Crippen LogP contribution >= 0.6 is 0 Å². The fraction of sp³-hybridized carbons (Fsp3) is 0.222. The maximum atomic E-state index is 10.7. The number of non-ortho nitro benzene ring substituents is 1. The molecule has 1 heterocycles. The lowest BCUT2D eigenvalue weighted by molar-refractivity contribution is -0.383. The molecule has 0 spiro atoms. The number of hydrogen-bond acceptors (Lipinski definition) is 5. The quantitative estimate of drug-likeness (QED) is 0.606. The second-order valence-electron chi connectivity index (χ2n) is 2.96. The number of nitro benzene ring substituents is 1. The Kier molecular flexibility index (Phi) is 2.34. The van der Waals surface area contributed by atoms with Gasteiger partial charge in [-0.25, -0.2) is 4.98 Å². The van der Waals surface area contributed by atoms with Crippen LogP contribution in [0.4, 0.5) is 5.69 Å². The number of aromatic nitrogens is 1. The number of nitro groups is 1. The van der Waals surface area contributed by atoms with Gasteiger partial charge in [0.15, 0.2) is 5.89 Å². The van der Waals surface area contributed by atoms with Crippen LogP contribution < -0.4 is 0 Å². The molecule has 0 unspecified atom stereocenters. The molecule has 1 N–H and O–H groups in total. The first-order valence-electron chi connectivity index (χ1n) is 4.36. The average Bonchev–Trinajstić information content (AvgIpc) is 2.59. The Morgan fingerprint density at radius 2 is 2.33 bits per heavy atom. The second-order valence-corrected chi connectivity index (χ2v) is 2.96. The van der Waals surface area contributed by atoms with Crippen molar-refractivity contribution in [3.8, 4) is 0 Å². The summed E-state index contributed by atoms with van der Waals surface area (Å²) in [6, 6.07) is 4.54.